The van der Waals surface area contributed by atoms with E-state index in [0.29, 0.717) is 5.82 Å². The summed E-state index contributed by atoms with van der Waals surface area (Å²) in [7, 11) is 1.67. The Bertz CT molecular complexity index is 394. The Morgan fingerprint density at radius 3 is 2.41 bits per heavy atom. The number of aromatic nitrogens is 2. The normalized spacial score (nSPS) is 11.6. The molecule has 1 aromatic rings. The number of hydrogen-bond donors (Lipinski definition) is 1. The molecule has 0 fully saturated rings. The maximum atomic E-state index is 5.43. The summed E-state index contributed by atoms with van der Waals surface area (Å²) in [6, 6.07) is 0. The summed E-state index contributed by atoms with van der Waals surface area (Å²) < 4.78 is 6.37. The fourth-order valence-electron chi connectivity index (χ4n) is 1.37. The molecule has 96 valence electrons. The molecule has 0 aliphatic rings. The maximum absolute atomic E-state index is 5.43. The predicted molar refractivity (Wildman–Crippen MR) is 73.3 cm³/mol. The van der Waals surface area contributed by atoms with E-state index in [1.54, 1.807) is 7.11 Å². The molecule has 0 saturated heterocycles. The van der Waals surface area contributed by atoms with Crippen molar-refractivity contribution < 1.29 is 4.74 Å². The lowest BCUT2D eigenvalue weighted by Gasteiger charge is -2.23. The lowest BCUT2D eigenvalue weighted by molar-refractivity contribution is 0.0114. The number of aryl methyl sites for hydroxylation is 1. The Morgan fingerprint density at radius 1 is 1.29 bits per heavy atom. The Balaban J connectivity index is 3.29. The third kappa shape index (κ3) is 3.16. The maximum Gasteiger partial charge on any atom is 0.162 e. The highest BCUT2D eigenvalue weighted by Crippen LogP contribution is 2.28. The highest BCUT2D eigenvalue weighted by atomic mass is 79.9. The van der Waals surface area contributed by atoms with Crippen LogP contribution in [0.1, 0.15) is 39.2 Å². The van der Waals surface area contributed by atoms with E-state index in [2.05, 4.69) is 38.1 Å². The minimum Gasteiger partial charge on any atom is -0.371 e. The van der Waals surface area contributed by atoms with Crippen molar-refractivity contribution in [1.82, 2.24) is 9.97 Å². The third-order valence-corrected chi connectivity index (χ3v) is 3.48. The van der Waals surface area contributed by atoms with Crippen LogP contribution in [0.25, 0.3) is 0 Å². The Morgan fingerprint density at radius 2 is 1.94 bits per heavy atom. The molecule has 17 heavy (non-hydrogen) atoms. The van der Waals surface area contributed by atoms with Crippen LogP contribution < -0.4 is 5.32 Å². The monoisotopic (exact) mass is 301 g/mol. The second-order valence-electron chi connectivity index (χ2n) is 4.25. The van der Waals surface area contributed by atoms with E-state index in [1.807, 2.05) is 20.8 Å². The first-order valence-electron chi connectivity index (χ1n) is 5.82. The molecule has 0 amide bonds. The molecule has 0 radical (unpaired) electrons. The van der Waals surface area contributed by atoms with Crippen LogP contribution in [0.3, 0.4) is 0 Å². The number of ether oxygens (including phenoxy) is 1. The van der Waals surface area contributed by atoms with Gasteiger partial charge < -0.3 is 10.1 Å². The minimum absolute atomic E-state index is 0.477. The minimum atomic E-state index is -0.477. The van der Waals surface area contributed by atoms with Crippen molar-refractivity contribution in [2.45, 2.75) is 39.7 Å². The number of anilines is 1. The van der Waals surface area contributed by atoms with Gasteiger partial charge in [0.15, 0.2) is 5.82 Å². The standard InChI is InChI=1S/C12H20BrN3O/c1-6-8-9(13)10(14-7-2)16-11(15-8)12(3,4)17-5/h6-7H2,1-5H3,(H,14,15,16). The Hall–Kier alpha value is -0.680. The van der Waals surface area contributed by atoms with Gasteiger partial charge in [-0.3, -0.25) is 0 Å². The number of hydrogen-bond acceptors (Lipinski definition) is 4. The number of rotatable bonds is 5. The topological polar surface area (TPSA) is 47.0 Å². The zero-order valence-corrected chi connectivity index (χ0v) is 12.7. The molecular weight excluding hydrogens is 282 g/mol. The molecule has 0 aliphatic heterocycles. The summed E-state index contributed by atoms with van der Waals surface area (Å²) in [6.45, 7) is 8.87. The average Bonchev–Trinajstić information content (AvgIpc) is 2.31. The summed E-state index contributed by atoms with van der Waals surface area (Å²) >= 11 is 3.54. The van der Waals surface area contributed by atoms with Gasteiger partial charge in [-0.25, -0.2) is 9.97 Å². The molecule has 0 bridgehead atoms. The van der Waals surface area contributed by atoms with E-state index in [0.717, 1.165) is 29.0 Å². The predicted octanol–water partition coefficient (Wildman–Crippen LogP) is 3.11. The van der Waals surface area contributed by atoms with Crippen molar-refractivity contribution in [3.8, 4) is 0 Å². The first-order valence-corrected chi connectivity index (χ1v) is 6.61. The van der Waals surface area contributed by atoms with Crippen molar-refractivity contribution in [2.24, 2.45) is 0 Å². The van der Waals surface area contributed by atoms with Crippen LogP contribution in [0.5, 0.6) is 0 Å². The molecule has 0 atom stereocenters. The van der Waals surface area contributed by atoms with Crippen LogP contribution in [0.4, 0.5) is 5.82 Å². The van der Waals surface area contributed by atoms with E-state index in [1.165, 1.54) is 0 Å². The van der Waals surface area contributed by atoms with Crippen LogP contribution in [0.15, 0.2) is 4.47 Å². The lowest BCUT2D eigenvalue weighted by Crippen LogP contribution is -2.24. The molecule has 1 rings (SSSR count). The lowest BCUT2D eigenvalue weighted by atomic mass is 10.1. The van der Waals surface area contributed by atoms with Gasteiger partial charge in [-0.05, 0) is 43.1 Å². The molecule has 5 heteroatoms. The van der Waals surface area contributed by atoms with Crippen LogP contribution in [0, 0.1) is 0 Å². The summed E-state index contributed by atoms with van der Waals surface area (Å²) in [4.78, 5) is 9.07. The molecule has 0 aromatic carbocycles. The largest absolute Gasteiger partial charge is 0.371 e. The Kier molecular flexibility index (Phi) is 4.89. The van der Waals surface area contributed by atoms with Crippen LogP contribution in [-0.4, -0.2) is 23.6 Å². The summed E-state index contributed by atoms with van der Waals surface area (Å²) in [5, 5.41) is 3.23. The molecule has 0 saturated carbocycles. The first-order chi connectivity index (χ1) is 7.96. The van der Waals surface area contributed by atoms with E-state index in [-0.39, 0.29) is 0 Å². The van der Waals surface area contributed by atoms with E-state index in [9.17, 15) is 0 Å². The van der Waals surface area contributed by atoms with Gasteiger partial charge in [0, 0.05) is 13.7 Å². The van der Waals surface area contributed by atoms with Crippen molar-refractivity contribution >= 4 is 21.7 Å². The zero-order chi connectivity index (χ0) is 13.1. The smallest absolute Gasteiger partial charge is 0.162 e. The van der Waals surface area contributed by atoms with E-state index in [4.69, 9.17) is 4.74 Å². The Labute approximate surface area is 111 Å². The molecule has 0 unspecified atom stereocenters. The van der Waals surface area contributed by atoms with Gasteiger partial charge in [0.25, 0.3) is 0 Å². The summed E-state index contributed by atoms with van der Waals surface area (Å²) in [5.41, 5.74) is 0.519. The quantitative estimate of drug-likeness (QED) is 0.908. The highest BCUT2D eigenvalue weighted by molar-refractivity contribution is 9.10. The highest BCUT2D eigenvalue weighted by Gasteiger charge is 2.25. The number of nitrogens with zero attached hydrogens (tertiary/aromatic N) is 2. The van der Waals surface area contributed by atoms with Gasteiger partial charge in [0.1, 0.15) is 11.4 Å². The van der Waals surface area contributed by atoms with Gasteiger partial charge in [-0.1, -0.05) is 6.92 Å². The van der Waals surface area contributed by atoms with Gasteiger partial charge in [-0.2, -0.15) is 0 Å². The van der Waals surface area contributed by atoms with E-state index < -0.39 is 5.60 Å². The van der Waals surface area contributed by atoms with Gasteiger partial charge in [-0.15, -0.1) is 0 Å². The molecule has 0 aliphatic carbocycles. The van der Waals surface area contributed by atoms with Crippen molar-refractivity contribution in [1.29, 1.82) is 0 Å². The van der Waals surface area contributed by atoms with Crippen LogP contribution >= 0.6 is 15.9 Å². The fourth-order valence-corrected chi connectivity index (χ4v) is 1.97. The van der Waals surface area contributed by atoms with Gasteiger partial charge in [0.05, 0.1) is 10.2 Å². The van der Waals surface area contributed by atoms with Crippen molar-refractivity contribution in [2.75, 3.05) is 19.0 Å². The van der Waals surface area contributed by atoms with Crippen LogP contribution in [-0.2, 0) is 16.8 Å². The summed E-state index contributed by atoms with van der Waals surface area (Å²) in [6.07, 6.45) is 0.855. The van der Waals surface area contributed by atoms with Crippen molar-refractivity contribution in [3.05, 3.63) is 16.0 Å². The number of nitrogens with one attached hydrogen (secondary N) is 1. The molecule has 1 heterocycles. The zero-order valence-electron chi connectivity index (χ0n) is 11.1. The van der Waals surface area contributed by atoms with Gasteiger partial charge >= 0.3 is 0 Å². The fraction of sp³-hybridized carbons (Fsp3) is 0.667. The average molecular weight is 302 g/mol. The number of halogens is 1. The molecule has 0 spiro atoms. The SMILES string of the molecule is CCNc1nc(C(C)(C)OC)nc(CC)c1Br. The first kappa shape index (κ1) is 14.4. The molecule has 1 aromatic heterocycles. The molecular formula is C12H20BrN3O. The van der Waals surface area contributed by atoms with E-state index >= 15 is 0 Å². The second-order valence-corrected chi connectivity index (χ2v) is 5.05. The second kappa shape index (κ2) is 5.78. The summed E-state index contributed by atoms with van der Waals surface area (Å²) in [5.74, 6) is 1.54. The third-order valence-electron chi connectivity index (χ3n) is 2.65. The van der Waals surface area contributed by atoms with Crippen LogP contribution in [0.2, 0.25) is 0 Å². The molecule has 1 N–H and O–H groups in total. The molecule has 4 nitrogen and oxygen atoms in total. The number of methoxy groups -OCH3 is 1. The van der Waals surface area contributed by atoms with Gasteiger partial charge in [0.2, 0.25) is 0 Å². The van der Waals surface area contributed by atoms with Crippen molar-refractivity contribution in [3.63, 3.8) is 0 Å².